The van der Waals surface area contributed by atoms with Crippen LogP contribution in [0.4, 0.5) is 0 Å². The average molecular weight is 197 g/mol. The monoisotopic (exact) mass is 197 g/mol. The first-order valence-electron chi connectivity index (χ1n) is 4.51. The number of hydrogen-bond donors (Lipinski definition) is 0. The summed E-state index contributed by atoms with van der Waals surface area (Å²) in [6.07, 6.45) is 2.17. The Labute approximate surface area is 83.4 Å². The molecule has 78 valence electrons. The number of aliphatic imine (C=N–C) groups is 1. The van der Waals surface area contributed by atoms with E-state index in [1.807, 2.05) is 21.0 Å². The maximum Gasteiger partial charge on any atom is 0.368 e. The first-order chi connectivity index (χ1) is 6.53. The summed E-state index contributed by atoms with van der Waals surface area (Å²) in [7, 11) is 3.69. The largest absolute Gasteiger partial charge is 0.369 e. The lowest BCUT2D eigenvalue weighted by Gasteiger charge is -2.18. The topological polar surface area (TPSA) is 54.3 Å². The lowest BCUT2D eigenvalue weighted by atomic mass is 9.93. The summed E-state index contributed by atoms with van der Waals surface area (Å²) in [6, 6.07) is 0. The van der Waals surface area contributed by atoms with Gasteiger partial charge in [0.25, 0.3) is 0 Å². The number of carbonyl (C=O) groups excluding carboxylic acids is 1. The minimum atomic E-state index is -0.899. The molecule has 0 N–H and O–H groups in total. The fraction of sp³-hybridized carbons (Fsp3) is 0.667. The van der Waals surface area contributed by atoms with Gasteiger partial charge in [-0.15, -0.1) is 0 Å². The molecule has 0 aromatic carbocycles. The molecule has 1 atom stereocenters. The van der Waals surface area contributed by atoms with E-state index in [9.17, 15) is 4.79 Å². The van der Waals surface area contributed by atoms with E-state index < -0.39 is 11.5 Å². The van der Waals surface area contributed by atoms with Gasteiger partial charge in [-0.3, -0.25) is 4.99 Å². The molecule has 14 heavy (non-hydrogen) atoms. The molecule has 5 nitrogen and oxygen atoms in total. The van der Waals surface area contributed by atoms with Crippen LogP contribution in [-0.4, -0.2) is 42.6 Å². The van der Waals surface area contributed by atoms with Crippen LogP contribution in [0, 0.1) is 0 Å². The molecule has 1 aliphatic heterocycles. The molecule has 0 saturated heterocycles. The first-order valence-corrected chi connectivity index (χ1v) is 4.51. The smallest absolute Gasteiger partial charge is 0.368 e. The Morgan fingerprint density at radius 1 is 1.64 bits per heavy atom. The van der Waals surface area contributed by atoms with Crippen LogP contribution in [0.3, 0.4) is 0 Å². The molecule has 0 aromatic heterocycles. The molecule has 1 aliphatic rings. The number of rotatable bonds is 3. The van der Waals surface area contributed by atoms with E-state index in [4.69, 9.17) is 0 Å². The Bertz CT molecular complexity index is 296. The van der Waals surface area contributed by atoms with Crippen molar-refractivity contribution < 1.29 is 9.63 Å². The Morgan fingerprint density at radius 3 is 2.64 bits per heavy atom. The molecule has 0 bridgehead atoms. The molecule has 0 aromatic rings. The van der Waals surface area contributed by atoms with E-state index in [0.717, 1.165) is 0 Å². The van der Waals surface area contributed by atoms with Crippen molar-refractivity contribution in [3.63, 3.8) is 0 Å². The second-order valence-electron chi connectivity index (χ2n) is 3.48. The Balaban J connectivity index is 2.97. The molecule has 1 rings (SSSR count). The third-order valence-corrected chi connectivity index (χ3v) is 2.22. The zero-order valence-corrected chi connectivity index (χ0v) is 8.94. The molecule has 0 fully saturated rings. The summed E-state index contributed by atoms with van der Waals surface area (Å²) in [6.45, 7) is 3.64. The van der Waals surface area contributed by atoms with Crippen molar-refractivity contribution in [1.82, 2.24) is 4.90 Å². The second-order valence-corrected chi connectivity index (χ2v) is 3.48. The second kappa shape index (κ2) is 3.77. The predicted octanol–water partition coefficient (Wildman–Crippen LogP) is 0.658. The molecule has 0 saturated carbocycles. The number of carbonyl (C=O) groups is 1. The van der Waals surface area contributed by atoms with Crippen molar-refractivity contribution in [2.75, 3.05) is 14.1 Å². The summed E-state index contributed by atoms with van der Waals surface area (Å²) in [5, 5.41) is 3.65. The summed E-state index contributed by atoms with van der Waals surface area (Å²) in [5.41, 5.74) is -0.285. The van der Waals surface area contributed by atoms with Gasteiger partial charge in [-0.2, -0.15) is 0 Å². The van der Waals surface area contributed by atoms with E-state index in [1.54, 1.807) is 18.2 Å². The summed E-state index contributed by atoms with van der Waals surface area (Å²) >= 11 is 0. The van der Waals surface area contributed by atoms with Gasteiger partial charge in [0.1, 0.15) is 0 Å². The van der Waals surface area contributed by atoms with Crippen molar-refractivity contribution in [3.05, 3.63) is 0 Å². The van der Waals surface area contributed by atoms with Crippen molar-refractivity contribution >= 4 is 18.0 Å². The third-order valence-electron chi connectivity index (χ3n) is 2.22. The highest BCUT2D eigenvalue weighted by atomic mass is 16.7. The van der Waals surface area contributed by atoms with E-state index in [-0.39, 0.29) is 0 Å². The van der Waals surface area contributed by atoms with Crippen LogP contribution < -0.4 is 0 Å². The van der Waals surface area contributed by atoms with E-state index in [0.29, 0.717) is 12.1 Å². The standard InChI is InChI=1S/C9H15N3O2/c1-5-9(10-6-12(3)4)7(2)11-14-8(9)13/h6H,5H2,1-4H3. The normalized spacial score (nSPS) is 26.6. The number of nitrogens with zero attached hydrogens (tertiary/aromatic N) is 3. The number of oxime groups is 1. The lowest BCUT2D eigenvalue weighted by molar-refractivity contribution is -0.144. The zero-order chi connectivity index (χ0) is 10.8. The summed E-state index contributed by atoms with van der Waals surface area (Å²) in [5.74, 6) is -0.393. The van der Waals surface area contributed by atoms with Crippen molar-refractivity contribution in [2.45, 2.75) is 25.8 Å². The molecule has 0 radical (unpaired) electrons. The van der Waals surface area contributed by atoms with Crippen molar-refractivity contribution in [3.8, 4) is 0 Å². The molecule has 0 spiro atoms. The Hall–Kier alpha value is -1.39. The molecule has 0 amide bonds. The van der Waals surface area contributed by atoms with Crippen molar-refractivity contribution in [1.29, 1.82) is 0 Å². The fourth-order valence-corrected chi connectivity index (χ4v) is 1.26. The van der Waals surface area contributed by atoms with Gasteiger partial charge in [-0.1, -0.05) is 12.1 Å². The predicted molar refractivity (Wildman–Crippen MR) is 54.4 cm³/mol. The van der Waals surface area contributed by atoms with Gasteiger partial charge < -0.3 is 9.74 Å². The fourth-order valence-electron chi connectivity index (χ4n) is 1.26. The van der Waals surface area contributed by atoms with Gasteiger partial charge in [0.05, 0.1) is 12.1 Å². The number of hydrogen-bond acceptors (Lipinski definition) is 4. The highest BCUT2D eigenvalue weighted by Gasteiger charge is 2.46. The molecular formula is C9H15N3O2. The first kappa shape index (κ1) is 10.7. The highest BCUT2D eigenvalue weighted by molar-refractivity contribution is 6.13. The van der Waals surface area contributed by atoms with Gasteiger partial charge in [0, 0.05) is 14.1 Å². The zero-order valence-electron chi connectivity index (χ0n) is 8.94. The maximum absolute atomic E-state index is 11.5. The van der Waals surface area contributed by atoms with Gasteiger partial charge in [0.15, 0.2) is 0 Å². The molecule has 1 heterocycles. The van der Waals surface area contributed by atoms with E-state index >= 15 is 0 Å². The van der Waals surface area contributed by atoms with Gasteiger partial charge in [-0.25, -0.2) is 4.79 Å². The van der Waals surface area contributed by atoms with Crippen molar-refractivity contribution in [2.24, 2.45) is 10.1 Å². The Kier molecular flexibility index (Phi) is 2.88. The molecule has 1 unspecified atom stereocenters. The minimum absolute atomic E-state index is 0.393. The van der Waals surface area contributed by atoms with E-state index in [2.05, 4.69) is 15.0 Å². The van der Waals surface area contributed by atoms with E-state index in [1.165, 1.54) is 0 Å². The SMILES string of the molecule is CCC1(N=CN(C)C)C(=O)ON=C1C. The maximum atomic E-state index is 11.5. The molecule has 0 aliphatic carbocycles. The van der Waals surface area contributed by atoms with Crippen LogP contribution in [0.1, 0.15) is 20.3 Å². The lowest BCUT2D eigenvalue weighted by Crippen LogP contribution is -2.40. The summed E-state index contributed by atoms with van der Waals surface area (Å²) < 4.78 is 0. The van der Waals surface area contributed by atoms with Crippen LogP contribution in [0.2, 0.25) is 0 Å². The van der Waals surface area contributed by atoms with Gasteiger partial charge >= 0.3 is 5.97 Å². The molecular weight excluding hydrogens is 182 g/mol. The van der Waals surface area contributed by atoms with Crippen LogP contribution in [-0.2, 0) is 9.63 Å². The summed E-state index contributed by atoms with van der Waals surface area (Å²) in [4.78, 5) is 22.1. The third kappa shape index (κ3) is 1.62. The molecule has 5 heteroatoms. The van der Waals surface area contributed by atoms with Crippen LogP contribution in [0.5, 0.6) is 0 Å². The van der Waals surface area contributed by atoms with Gasteiger partial charge in [0.2, 0.25) is 5.54 Å². The Morgan fingerprint density at radius 2 is 2.29 bits per heavy atom. The van der Waals surface area contributed by atoms with Crippen LogP contribution in [0.25, 0.3) is 0 Å². The highest BCUT2D eigenvalue weighted by Crippen LogP contribution is 2.25. The average Bonchev–Trinajstić information content (AvgIpc) is 2.41. The van der Waals surface area contributed by atoms with Crippen LogP contribution in [0.15, 0.2) is 10.1 Å². The quantitative estimate of drug-likeness (QED) is 0.379. The van der Waals surface area contributed by atoms with Gasteiger partial charge in [-0.05, 0) is 13.3 Å². The van der Waals surface area contributed by atoms with Crippen LogP contribution >= 0.6 is 0 Å². The minimum Gasteiger partial charge on any atom is -0.369 e.